The maximum Gasteiger partial charge on any atom is 0.335 e. The minimum atomic E-state index is -1.03. The molecule has 0 fully saturated rings. The summed E-state index contributed by atoms with van der Waals surface area (Å²) in [7, 11) is 0. The zero-order valence-corrected chi connectivity index (χ0v) is 10.9. The highest BCUT2D eigenvalue weighted by molar-refractivity contribution is 7.81. The zero-order chi connectivity index (χ0) is 13.5. The normalized spacial score (nSPS) is 11.7. The maximum absolute atomic E-state index is 11.5. The van der Waals surface area contributed by atoms with Gasteiger partial charge in [0.15, 0.2) is 0 Å². The average Bonchev–Trinajstić information content (AvgIpc) is 2.36. The second-order valence-electron chi connectivity index (χ2n) is 3.78. The van der Waals surface area contributed by atoms with Crippen LogP contribution in [0.4, 0.5) is 10.5 Å². The van der Waals surface area contributed by atoms with E-state index in [0.717, 1.165) is 6.42 Å². The summed E-state index contributed by atoms with van der Waals surface area (Å²) in [5.74, 6) is -1.03. The van der Waals surface area contributed by atoms with Crippen LogP contribution in [0.15, 0.2) is 24.3 Å². The number of nitrogens with one attached hydrogen (secondary N) is 2. The summed E-state index contributed by atoms with van der Waals surface area (Å²) in [5, 5.41) is 14.2. The largest absolute Gasteiger partial charge is 0.478 e. The van der Waals surface area contributed by atoms with Crippen LogP contribution in [0.2, 0.25) is 0 Å². The number of hydrogen-bond donors (Lipinski definition) is 4. The van der Waals surface area contributed by atoms with E-state index in [9.17, 15) is 9.59 Å². The summed E-state index contributed by atoms with van der Waals surface area (Å²) < 4.78 is 0. The zero-order valence-electron chi connectivity index (χ0n) is 10.0. The first-order valence-electron chi connectivity index (χ1n) is 5.59. The number of carboxylic acids is 1. The molecule has 0 aliphatic carbocycles. The lowest BCUT2D eigenvalue weighted by Crippen LogP contribution is -2.33. The lowest BCUT2D eigenvalue weighted by Gasteiger charge is -2.11. The van der Waals surface area contributed by atoms with Crippen LogP contribution < -0.4 is 10.6 Å². The Bertz CT molecular complexity index is 437. The first-order chi connectivity index (χ1) is 8.52. The number of aromatic carboxylic acids is 1. The first kappa shape index (κ1) is 14.4. The van der Waals surface area contributed by atoms with E-state index < -0.39 is 5.97 Å². The van der Waals surface area contributed by atoms with Crippen molar-refractivity contribution in [1.82, 2.24) is 5.32 Å². The van der Waals surface area contributed by atoms with Gasteiger partial charge in [-0.3, -0.25) is 0 Å². The van der Waals surface area contributed by atoms with Crippen LogP contribution in [0.25, 0.3) is 0 Å². The molecule has 0 bridgehead atoms. The van der Waals surface area contributed by atoms with E-state index >= 15 is 0 Å². The SMILES string of the molecule is CCC(S)CNC(=O)Nc1cccc(C(=O)O)c1. The highest BCUT2D eigenvalue weighted by Crippen LogP contribution is 2.10. The lowest BCUT2D eigenvalue weighted by atomic mass is 10.2. The predicted octanol–water partition coefficient (Wildman–Crippen LogP) is 2.21. The number of thiol groups is 1. The second-order valence-corrected chi connectivity index (χ2v) is 4.51. The third-order valence-electron chi connectivity index (χ3n) is 2.34. The van der Waals surface area contributed by atoms with Crippen molar-refractivity contribution < 1.29 is 14.7 Å². The van der Waals surface area contributed by atoms with Crippen LogP contribution in [0.3, 0.4) is 0 Å². The molecule has 0 aliphatic heterocycles. The number of amides is 2. The highest BCUT2D eigenvalue weighted by Gasteiger charge is 2.07. The molecule has 0 saturated heterocycles. The number of hydrogen-bond acceptors (Lipinski definition) is 3. The molecule has 1 rings (SSSR count). The van der Waals surface area contributed by atoms with Crippen molar-refractivity contribution in [3.05, 3.63) is 29.8 Å². The molecule has 1 unspecified atom stereocenters. The summed E-state index contributed by atoms with van der Waals surface area (Å²) in [6, 6.07) is 5.70. The number of anilines is 1. The van der Waals surface area contributed by atoms with Gasteiger partial charge in [-0.2, -0.15) is 12.6 Å². The molecule has 0 saturated carbocycles. The topological polar surface area (TPSA) is 78.4 Å². The molecule has 0 aliphatic rings. The van der Waals surface area contributed by atoms with Crippen molar-refractivity contribution in [2.75, 3.05) is 11.9 Å². The molecule has 5 nitrogen and oxygen atoms in total. The Hall–Kier alpha value is -1.69. The van der Waals surface area contributed by atoms with Crippen molar-refractivity contribution in [1.29, 1.82) is 0 Å². The monoisotopic (exact) mass is 268 g/mol. The Kier molecular flexibility index (Phi) is 5.51. The maximum atomic E-state index is 11.5. The molecule has 98 valence electrons. The van der Waals surface area contributed by atoms with Gasteiger partial charge in [0.05, 0.1) is 5.56 Å². The van der Waals surface area contributed by atoms with E-state index in [1.807, 2.05) is 6.92 Å². The molecular formula is C12H16N2O3S. The molecular weight excluding hydrogens is 252 g/mol. The number of rotatable bonds is 5. The van der Waals surface area contributed by atoms with Gasteiger partial charge in [-0.25, -0.2) is 9.59 Å². The van der Waals surface area contributed by atoms with Crippen LogP contribution in [0.5, 0.6) is 0 Å². The first-order valence-corrected chi connectivity index (χ1v) is 6.10. The summed E-state index contributed by atoms with van der Waals surface area (Å²) >= 11 is 4.25. The summed E-state index contributed by atoms with van der Waals surface area (Å²) in [4.78, 5) is 22.3. The molecule has 1 aromatic rings. The van der Waals surface area contributed by atoms with Gasteiger partial charge in [0, 0.05) is 17.5 Å². The second kappa shape index (κ2) is 6.90. The number of carbonyl (C=O) groups is 2. The van der Waals surface area contributed by atoms with Gasteiger partial charge in [-0.1, -0.05) is 13.0 Å². The number of carboxylic acid groups (broad SMARTS) is 1. The predicted molar refractivity (Wildman–Crippen MR) is 73.5 cm³/mol. The molecule has 1 aromatic carbocycles. The Labute approximate surface area is 111 Å². The van der Waals surface area contributed by atoms with Crippen molar-refractivity contribution in [2.24, 2.45) is 0 Å². The quantitative estimate of drug-likeness (QED) is 0.618. The van der Waals surface area contributed by atoms with Crippen LogP contribution in [-0.2, 0) is 0 Å². The number of carbonyl (C=O) groups excluding carboxylic acids is 1. The van der Waals surface area contributed by atoms with E-state index in [2.05, 4.69) is 23.3 Å². The van der Waals surface area contributed by atoms with Gasteiger partial charge in [-0.15, -0.1) is 0 Å². The van der Waals surface area contributed by atoms with Crippen LogP contribution in [-0.4, -0.2) is 28.9 Å². The summed E-state index contributed by atoms with van der Waals surface area (Å²) in [5.41, 5.74) is 0.577. The molecule has 0 radical (unpaired) electrons. The minimum Gasteiger partial charge on any atom is -0.478 e. The van der Waals surface area contributed by atoms with E-state index in [1.54, 1.807) is 12.1 Å². The van der Waals surface area contributed by atoms with E-state index in [1.165, 1.54) is 12.1 Å². The molecule has 3 N–H and O–H groups in total. The van der Waals surface area contributed by atoms with E-state index in [0.29, 0.717) is 12.2 Å². The van der Waals surface area contributed by atoms with Gasteiger partial charge >= 0.3 is 12.0 Å². The number of urea groups is 1. The van der Waals surface area contributed by atoms with Gasteiger partial charge in [-0.05, 0) is 24.6 Å². The van der Waals surface area contributed by atoms with Crippen molar-refractivity contribution in [2.45, 2.75) is 18.6 Å². The smallest absolute Gasteiger partial charge is 0.335 e. The van der Waals surface area contributed by atoms with E-state index in [4.69, 9.17) is 5.11 Å². The molecule has 6 heteroatoms. The minimum absolute atomic E-state index is 0.112. The molecule has 0 aromatic heterocycles. The van der Waals surface area contributed by atoms with Crippen molar-refractivity contribution in [3.63, 3.8) is 0 Å². The lowest BCUT2D eigenvalue weighted by molar-refractivity contribution is 0.0697. The Balaban J connectivity index is 2.54. The van der Waals surface area contributed by atoms with Gasteiger partial charge in [0.1, 0.15) is 0 Å². The third kappa shape index (κ3) is 4.67. The highest BCUT2D eigenvalue weighted by atomic mass is 32.1. The fourth-order valence-corrected chi connectivity index (χ4v) is 1.35. The molecule has 0 spiro atoms. The fraction of sp³-hybridized carbons (Fsp3) is 0.333. The van der Waals surface area contributed by atoms with Gasteiger partial charge in [0.2, 0.25) is 0 Å². The van der Waals surface area contributed by atoms with Crippen molar-refractivity contribution in [3.8, 4) is 0 Å². The molecule has 1 atom stereocenters. The van der Waals surface area contributed by atoms with Crippen LogP contribution in [0, 0.1) is 0 Å². The summed E-state index contributed by atoms with van der Waals surface area (Å²) in [6.07, 6.45) is 0.859. The van der Waals surface area contributed by atoms with Gasteiger partial charge in [0.25, 0.3) is 0 Å². The molecule has 18 heavy (non-hydrogen) atoms. The van der Waals surface area contributed by atoms with Crippen LogP contribution in [0.1, 0.15) is 23.7 Å². The van der Waals surface area contributed by atoms with E-state index in [-0.39, 0.29) is 16.8 Å². The fourth-order valence-electron chi connectivity index (χ4n) is 1.26. The Morgan fingerprint density at radius 2 is 2.17 bits per heavy atom. The molecule has 2 amide bonds. The summed E-state index contributed by atoms with van der Waals surface area (Å²) in [6.45, 7) is 2.44. The standard InChI is InChI=1S/C12H16N2O3S/c1-2-10(18)7-13-12(17)14-9-5-3-4-8(6-9)11(15)16/h3-6,10,18H,2,7H2,1H3,(H,15,16)(H2,13,14,17). The number of benzene rings is 1. The van der Waals surface area contributed by atoms with Crippen molar-refractivity contribution >= 4 is 30.3 Å². The average molecular weight is 268 g/mol. The third-order valence-corrected chi connectivity index (χ3v) is 2.88. The van der Waals surface area contributed by atoms with Gasteiger partial charge < -0.3 is 15.7 Å². The molecule has 0 heterocycles. The Morgan fingerprint density at radius 1 is 1.44 bits per heavy atom. The Morgan fingerprint density at radius 3 is 2.78 bits per heavy atom. The van der Waals surface area contributed by atoms with Crippen LogP contribution >= 0.6 is 12.6 Å².